The molecule has 1 unspecified atom stereocenters. The summed E-state index contributed by atoms with van der Waals surface area (Å²) in [5.41, 5.74) is 2.77. The Morgan fingerprint density at radius 1 is 1.15 bits per heavy atom. The average molecular weight is 378 g/mol. The van der Waals surface area contributed by atoms with E-state index in [-0.39, 0.29) is 11.0 Å². The standard InChI is InChI=1S/C19H14N4OS2/c1-11(17(24)13-10-20-14-7-3-2-6-12(13)14)25-18-21-22-19-23(18)15-8-4-5-9-16(15)26-19/h2-11,20H,1H3. The molecule has 0 aliphatic rings. The van der Waals surface area contributed by atoms with E-state index >= 15 is 0 Å². The fraction of sp³-hybridized carbons (Fsp3) is 0.105. The van der Waals surface area contributed by atoms with Gasteiger partial charge in [0.15, 0.2) is 10.9 Å². The number of carbonyl (C=O) groups excluding carboxylic acids is 1. The second-order valence-corrected chi connectivity index (χ2v) is 8.36. The number of ketones is 1. The largest absolute Gasteiger partial charge is 0.360 e. The van der Waals surface area contributed by atoms with Crippen LogP contribution in [0.3, 0.4) is 0 Å². The number of nitrogens with zero attached hydrogens (tertiary/aromatic N) is 3. The molecular formula is C19H14N4OS2. The monoisotopic (exact) mass is 378 g/mol. The number of rotatable bonds is 4. The van der Waals surface area contributed by atoms with Crippen molar-refractivity contribution >= 4 is 55.0 Å². The molecule has 26 heavy (non-hydrogen) atoms. The van der Waals surface area contributed by atoms with Gasteiger partial charge < -0.3 is 4.98 Å². The van der Waals surface area contributed by atoms with Crippen LogP contribution in [-0.4, -0.2) is 30.6 Å². The molecule has 1 N–H and O–H groups in total. The molecule has 5 aromatic rings. The number of benzene rings is 2. The quantitative estimate of drug-likeness (QED) is 0.361. The van der Waals surface area contributed by atoms with Gasteiger partial charge >= 0.3 is 0 Å². The van der Waals surface area contributed by atoms with Crippen LogP contribution in [0.2, 0.25) is 0 Å². The zero-order valence-corrected chi connectivity index (χ0v) is 15.5. The van der Waals surface area contributed by atoms with Gasteiger partial charge in [-0.2, -0.15) is 0 Å². The van der Waals surface area contributed by atoms with E-state index in [1.54, 1.807) is 17.5 Å². The molecular weight excluding hydrogens is 364 g/mol. The van der Waals surface area contributed by atoms with Crippen LogP contribution < -0.4 is 0 Å². The number of H-pyrrole nitrogens is 1. The van der Waals surface area contributed by atoms with E-state index in [1.807, 2.05) is 47.7 Å². The first-order chi connectivity index (χ1) is 12.7. The van der Waals surface area contributed by atoms with E-state index in [0.717, 1.165) is 36.8 Å². The second-order valence-electron chi connectivity index (χ2n) is 6.04. The van der Waals surface area contributed by atoms with Gasteiger partial charge in [-0.15, -0.1) is 10.2 Å². The Labute approximate surface area is 157 Å². The van der Waals surface area contributed by atoms with Crippen molar-refractivity contribution in [1.29, 1.82) is 0 Å². The van der Waals surface area contributed by atoms with Gasteiger partial charge in [-0.25, -0.2) is 0 Å². The summed E-state index contributed by atoms with van der Waals surface area (Å²) in [5, 5.41) is 10.0. The van der Waals surface area contributed by atoms with Crippen LogP contribution in [0, 0.1) is 0 Å². The zero-order valence-electron chi connectivity index (χ0n) is 13.8. The summed E-state index contributed by atoms with van der Waals surface area (Å²) < 4.78 is 3.19. The third-order valence-electron chi connectivity index (χ3n) is 4.42. The fourth-order valence-corrected chi connectivity index (χ4v) is 5.09. The summed E-state index contributed by atoms with van der Waals surface area (Å²) in [6.45, 7) is 1.92. The molecule has 0 fully saturated rings. The normalized spacial score (nSPS) is 13.0. The number of hydrogen-bond donors (Lipinski definition) is 1. The van der Waals surface area contributed by atoms with E-state index < -0.39 is 0 Å². The van der Waals surface area contributed by atoms with Crippen LogP contribution in [0.4, 0.5) is 0 Å². The second kappa shape index (κ2) is 5.96. The molecule has 3 heterocycles. The number of nitrogens with one attached hydrogen (secondary N) is 1. The van der Waals surface area contributed by atoms with Crippen molar-refractivity contribution < 1.29 is 4.79 Å². The van der Waals surface area contributed by atoms with Gasteiger partial charge in [-0.05, 0) is 25.1 Å². The lowest BCUT2D eigenvalue weighted by Gasteiger charge is -2.08. The number of thiazole rings is 1. The maximum absolute atomic E-state index is 13.0. The van der Waals surface area contributed by atoms with Gasteiger partial charge in [-0.1, -0.05) is 53.4 Å². The molecule has 2 aromatic carbocycles. The number of thioether (sulfide) groups is 1. The highest BCUT2D eigenvalue weighted by atomic mass is 32.2. The molecule has 0 saturated carbocycles. The molecule has 0 bridgehead atoms. The maximum atomic E-state index is 13.0. The lowest BCUT2D eigenvalue weighted by molar-refractivity contribution is 0.0995. The molecule has 0 aliphatic heterocycles. The van der Waals surface area contributed by atoms with Crippen LogP contribution in [-0.2, 0) is 0 Å². The Morgan fingerprint density at radius 3 is 2.88 bits per heavy atom. The highest BCUT2D eigenvalue weighted by Crippen LogP contribution is 2.32. The SMILES string of the molecule is CC(Sc1nnc2sc3ccccc3n12)C(=O)c1c[nH]c2ccccc12. The Balaban J connectivity index is 1.51. The van der Waals surface area contributed by atoms with E-state index in [4.69, 9.17) is 0 Å². The number of carbonyl (C=O) groups is 1. The predicted molar refractivity (Wildman–Crippen MR) is 106 cm³/mol. The highest BCUT2D eigenvalue weighted by molar-refractivity contribution is 8.00. The lowest BCUT2D eigenvalue weighted by Crippen LogP contribution is -2.13. The number of fused-ring (bicyclic) bond motifs is 4. The topological polar surface area (TPSA) is 63.1 Å². The van der Waals surface area contributed by atoms with Crippen LogP contribution >= 0.6 is 23.1 Å². The van der Waals surface area contributed by atoms with Gasteiger partial charge in [0, 0.05) is 22.7 Å². The number of para-hydroxylation sites is 2. The first-order valence-corrected chi connectivity index (χ1v) is 9.91. The summed E-state index contributed by atoms with van der Waals surface area (Å²) in [4.78, 5) is 17.0. The molecule has 3 aromatic heterocycles. The Hall–Kier alpha value is -2.64. The average Bonchev–Trinajstić information content (AvgIpc) is 3.35. The van der Waals surface area contributed by atoms with Crippen LogP contribution in [0.15, 0.2) is 59.9 Å². The molecule has 5 nitrogen and oxygen atoms in total. The summed E-state index contributed by atoms with van der Waals surface area (Å²) in [6, 6.07) is 16.0. The minimum absolute atomic E-state index is 0.0868. The van der Waals surface area contributed by atoms with Crippen LogP contribution in [0.5, 0.6) is 0 Å². The highest BCUT2D eigenvalue weighted by Gasteiger charge is 2.23. The predicted octanol–water partition coefficient (Wildman–Crippen LogP) is 4.79. The fourth-order valence-electron chi connectivity index (χ4n) is 3.14. The molecule has 7 heteroatoms. The molecule has 0 amide bonds. The van der Waals surface area contributed by atoms with E-state index in [1.165, 1.54) is 11.8 Å². The smallest absolute Gasteiger partial charge is 0.217 e. The number of Topliss-reactive ketones (excluding diaryl/α,β-unsaturated/α-hetero) is 1. The van der Waals surface area contributed by atoms with E-state index in [0.29, 0.717) is 0 Å². The molecule has 1 atom stereocenters. The first-order valence-electron chi connectivity index (χ1n) is 8.22. The summed E-state index contributed by atoms with van der Waals surface area (Å²) >= 11 is 3.05. The maximum Gasteiger partial charge on any atom is 0.217 e. The molecule has 128 valence electrons. The third kappa shape index (κ3) is 2.35. The first kappa shape index (κ1) is 15.6. The number of aromatic nitrogens is 4. The van der Waals surface area contributed by atoms with Crippen molar-refractivity contribution in [3.63, 3.8) is 0 Å². The van der Waals surface area contributed by atoms with Crippen molar-refractivity contribution in [2.24, 2.45) is 0 Å². The Morgan fingerprint density at radius 2 is 1.96 bits per heavy atom. The lowest BCUT2D eigenvalue weighted by atomic mass is 10.1. The minimum atomic E-state index is -0.264. The molecule has 0 radical (unpaired) electrons. The van der Waals surface area contributed by atoms with Gasteiger partial charge in [0.05, 0.1) is 15.5 Å². The van der Waals surface area contributed by atoms with Gasteiger partial charge in [0.1, 0.15) is 0 Å². The summed E-state index contributed by atoms with van der Waals surface area (Å²) in [7, 11) is 0. The number of aromatic amines is 1. The summed E-state index contributed by atoms with van der Waals surface area (Å²) in [5.74, 6) is 0.0868. The zero-order chi connectivity index (χ0) is 17.7. The van der Waals surface area contributed by atoms with Crippen LogP contribution in [0.1, 0.15) is 17.3 Å². The van der Waals surface area contributed by atoms with Crippen molar-refractivity contribution in [2.75, 3.05) is 0 Å². The molecule has 0 spiro atoms. The van der Waals surface area contributed by atoms with Crippen LogP contribution in [0.25, 0.3) is 26.1 Å². The third-order valence-corrected chi connectivity index (χ3v) is 6.47. The molecule has 5 rings (SSSR count). The van der Waals surface area contributed by atoms with Crippen molar-refractivity contribution in [3.05, 3.63) is 60.3 Å². The Bertz CT molecular complexity index is 1270. The summed E-state index contributed by atoms with van der Waals surface area (Å²) in [6.07, 6.45) is 1.80. The van der Waals surface area contributed by atoms with Gasteiger partial charge in [0.2, 0.25) is 4.96 Å². The van der Waals surface area contributed by atoms with Crippen molar-refractivity contribution in [2.45, 2.75) is 17.3 Å². The molecule has 0 saturated heterocycles. The number of hydrogen-bond acceptors (Lipinski definition) is 5. The Kier molecular flexibility index (Phi) is 3.58. The minimum Gasteiger partial charge on any atom is -0.360 e. The van der Waals surface area contributed by atoms with Gasteiger partial charge in [0.25, 0.3) is 0 Å². The van der Waals surface area contributed by atoms with E-state index in [9.17, 15) is 4.79 Å². The van der Waals surface area contributed by atoms with Crippen molar-refractivity contribution in [1.82, 2.24) is 19.6 Å². The van der Waals surface area contributed by atoms with E-state index in [2.05, 4.69) is 27.3 Å². The van der Waals surface area contributed by atoms with Gasteiger partial charge in [-0.3, -0.25) is 9.20 Å². The molecule has 0 aliphatic carbocycles. The van der Waals surface area contributed by atoms with Crippen molar-refractivity contribution in [3.8, 4) is 0 Å².